The first-order chi connectivity index (χ1) is 17.6. The number of benzene rings is 2. The highest BCUT2D eigenvalue weighted by molar-refractivity contribution is 5.76. The van der Waals surface area contributed by atoms with Crippen LogP contribution in [-0.4, -0.2) is 28.2 Å². The quantitative estimate of drug-likeness (QED) is 0.283. The summed E-state index contributed by atoms with van der Waals surface area (Å²) in [4.78, 5) is 17.3. The molecule has 0 bridgehead atoms. The average molecular weight is 537 g/mol. The molecule has 0 saturated heterocycles. The van der Waals surface area contributed by atoms with Crippen molar-refractivity contribution in [3.63, 3.8) is 0 Å². The third-order valence-electron chi connectivity index (χ3n) is 5.99. The van der Waals surface area contributed by atoms with Crippen molar-refractivity contribution in [1.29, 1.82) is 0 Å². The number of halogens is 5. The van der Waals surface area contributed by atoms with Gasteiger partial charge in [-0.05, 0) is 74.2 Å². The van der Waals surface area contributed by atoms with E-state index < -0.39 is 34.8 Å². The molecule has 3 rings (SSSR count). The maximum Gasteiger partial charge on any atom is 0.416 e. The predicted octanol–water partition coefficient (Wildman–Crippen LogP) is 7.01. The number of anilines is 1. The highest BCUT2D eigenvalue weighted by atomic mass is 19.4. The smallest absolute Gasteiger partial charge is 0.416 e. The Balaban J connectivity index is 1.87. The van der Waals surface area contributed by atoms with Crippen LogP contribution in [0.15, 0.2) is 60.8 Å². The Kier molecular flexibility index (Phi) is 8.33. The number of rotatable bonds is 10. The van der Waals surface area contributed by atoms with Crippen molar-refractivity contribution in [3.8, 4) is 5.75 Å². The Bertz CT molecular complexity index is 1270. The number of hydrogen-bond acceptors (Lipinski definition) is 4. The Morgan fingerprint density at radius 1 is 0.974 bits per heavy atom. The molecule has 0 radical (unpaired) electrons. The van der Waals surface area contributed by atoms with Crippen LogP contribution in [-0.2, 0) is 29.9 Å². The molecule has 0 atom stereocenters. The van der Waals surface area contributed by atoms with Crippen molar-refractivity contribution in [2.45, 2.75) is 58.4 Å². The lowest BCUT2D eigenvalue weighted by Gasteiger charge is -2.26. The normalized spacial score (nSPS) is 12.3. The highest BCUT2D eigenvalue weighted by Gasteiger charge is 2.36. The second kappa shape index (κ2) is 11.0. The largest absolute Gasteiger partial charge is 0.478 e. The number of carbonyl (C=O) groups is 1. The average Bonchev–Trinajstić information content (AvgIpc) is 2.81. The first-order valence-electron chi connectivity index (χ1n) is 11.8. The predicted molar refractivity (Wildman–Crippen MR) is 134 cm³/mol. The summed E-state index contributed by atoms with van der Waals surface area (Å²) in [6.07, 6.45) is -2.84. The number of carboxylic acids is 1. The number of aromatic nitrogens is 1. The lowest BCUT2D eigenvalue weighted by atomic mass is 9.99. The van der Waals surface area contributed by atoms with Gasteiger partial charge in [-0.25, -0.2) is 18.6 Å². The van der Waals surface area contributed by atoms with Gasteiger partial charge < -0.3 is 14.7 Å². The molecule has 1 N–H and O–H groups in total. The van der Waals surface area contributed by atoms with E-state index in [-0.39, 0.29) is 18.7 Å². The van der Waals surface area contributed by atoms with Crippen molar-refractivity contribution in [3.05, 3.63) is 88.6 Å². The monoisotopic (exact) mass is 536 g/mol. The second-order valence-electron chi connectivity index (χ2n) is 9.68. The zero-order valence-electron chi connectivity index (χ0n) is 21.4. The van der Waals surface area contributed by atoms with Crippen LogP contribution in [0.1, 0.15) is 48.6 Å². The maximum atomic E-state index is 13.9. The number of nitrogens with zero attached hydrogens (tertiary/aromatic N) is 2. The molecule has 2 aromatic carbocycles. The van der Waals surface area contributed by atoms with E-state index in [1.807, 2.05) is 6.92 Å². The van der Waals surface area contributed by atoms with E-state index in [0.29, 0.717) is 31.0 Å². The number of aliphatic carboxylic acids is 1. The van der Waals surface area contributed by atoms with E-state index in [9.17, 15) is 31.9 Å². The number of aryl methyl sites for hydroxylation is 1. The molecule has 0 aliphatic rings. The molecule has 0 aliphatic heterocycles. The van der Waals surface area contributed by atoms with E-state index >= 15 is 0 Å². The van der Waals surface area contributed by atoms with E-state index in [0.717, 1.165) is 23.3 Å². The fourth-order valence-electron chi connectivity index (χ4n) is 3.75. The highest BCUT2D eigenvalue weighted by Crippen LogP contribution is 2.37. The molecule has 1 aromatic heterocycles. The number of hydrogen-bond donors (Lipinski definition) is 1. The molecule has 0 saturated carbocycles. The molecule has 0 amide bonds. The minimum absolute atomic E-state index is 0.145. The second-order valence-corrected chi connectivity index (χ2v) is 9.68. The molecule has 0 fully saturated rings. The fraction of sp³-hybridized carbons (Fsp3) is 0.357. The van der Waals surface area contributed by atoms with Gasteiger partial charge in [-0.1, -0.05) is 24.3 Å². The van der Waals surface area contributed by atoms with Crippen molar-refractivity contribution in [2.24, 2.45) is 0 Å². The van der Waals surface area contributed by atoms with Gasteiger partial charge in [0.15, 0.2) is 5.60 Å². The van der Waals surface area contributed by atoms with Gasteiger partial charge in [0.05, 0.1) is 5.56 Å². The number of carboxylic acid groups (broad SMARTS) is 1. The molecule has 0 unspecified atom stereocenters. The topological polar surface area (TPSA) is 62.7 Å². The Hall–Kier alpha value is -3.69. The van der Waals surface area contributed by atoms with Crippen molar-refractivity contribution >= 4 is 11.8 Å². The van der Waals surface area contributed by atoms with E-state index in [1.54, 1.807) is 47.5 Å². The van der Waals surface area contributed by atoms with Gasteiger partial charge in [0, 0.05) is 31.8 Å². The Morgan fingerprint density at radius 3 is 2.18 bits per heavy atom. The molecule has 3 aromatic rings. The van der Waals surface area contributed by atoms with Crippen molar-refractivity contribution in [1.82, 2.24) is 4.98 Å². The molecule has 5 nitrogen and oxygen atoms in total. The Morgan fingerprint density at radius 2 is 1.63 bits per heavy atom. The first kappa shape index (κ1) is 28.9. The van der Waals surface area contributed by atoms with Crippen LogP contribution in [0.25, 0.3) is 0 Å². The summed E-state index contributed by atoms with van der Waals surface area (Å²) in [7, 11) is 0. The number of ether oxygens (including phenoxy) is 1. The summed E-state index contributed by atoms with van der Waals surface area (Å²) in [6, 6.07) is 12.9. The lowest BCUT2D eigenvalue weighted by Crippen LogP contribution is -2.37. The first-order valence-corrected chi connectivity index (χ1v) is 11.8. The summed E-state index contributed by atoms with van der Waals surface area (Å²) in [5, 5.41) is 9.23. The van der Waals surface area contributed by atoms with Crippen molar-refractivity contribution < 1.29 is 36.6 Å². The molecule has 38 heavy (non-hydrogen) atoms. The van der Waals surface area contributed by atoms with Gasteiger partial charge in [-0.2, -0.15) is 13.2 Å². The third kappa shape index (κ3) is 7.43. The van der Waals surface area contributed by atoms with Gasteiger partial charge in [0.1, 0.15) is 11.6 Å². The third-order valence-corrected chi connectivity index (χ3v) is 5.99. The fourth-order valence-corrected chi connectivity index (χ4v) is 3.75. The molecule has 0 aliphatic carbocycles. The summed E-state index contributed by atoms with van der Waals surface area (Å²) in [5.41, 5.74) is -1.69. The molecular weight excluding hydrogens is 507 g/mol. The zero-order valence-corrected chi connectivity index (χ0v) is 21.4. The van der Waals surface area contributed by atoms with Crippen LogP contribution in [0.4, 0.5) is 27.8 Å². The van der Waals surface area contributed by atoms with Gasteiger partial charge in [0.25, 0.3) is 5.92 Å². The minimum atomic E-state index is -4.82. The standard InChI is InChI=1S/C28H29F5N2O3/c1-18-11-13-34-24(15-18)35(14-12-19-5-9-22(10-6-19)38-26(2,3)25(36)37)17-20-7-8-21(27(4,29)30)16-23(20)28(31,32)33/h5-11,13,15-16H,12,14,17H2,1-4H3,(H,36,37). The SMILES string of the molecule is Cc1ccnc(N(CCc2ccc(OC(C)(C)C(=O)O)cc2)Cc2ccc(C(C)(F)F)cc2C(F)(F)F)c1. The van der Waals surface area contributed by atoms with Crippen LogP contribution < -0.4 is 9.64 Å². The molecule has 10 heteroatoms. The molecule has 204 valence electrons. The van der Waals surface area contributed by atoms with Gasteiger partial charge in [0.2, 0.25) is 0 Å². The molecule has 0 spiro atoms. The van der Waals surface area contributed by atoms with Crippen LogP contribution in [0.2, 0.25) is 0 Å². The summed E-state index contributed by atoms with van der Waals surface area (Å²) < 4.78 is 74.6. The summed E-state index contributed by atoms with van der Waals surface area (Å²) >= 11 is 0. The van der Waals surface area contributed by atoms with E-state index in [1.165, 1.54) is 13.8 Å². The van der Waals surface area contributed by atoms with Gasteiger partial charge in [-0.3, -0.25) is 0 Å². The van der Waals surface area contributed by atoms with E-state index in [4.69, 9.17) is 4.74 Å². The summed E-state index contributed by atoms with van der Waals surface area (Å²) in [6.45, 7) is 5.33. The van der Waals surface area contributed by atoms with E-state index in [2.05, 4.69) is 4.98 Å². The lowest BCUT2D eigenvalue weighted by molar-refractivity contribution is -0.152. The maximum absolute atomic E-state index is 13.9. The van der Waals surface area contributed by atoms with Crippen LogP contribution in [0.5, 0.6) is 5.75 Å². The van der Waals surface area contributed by atoms with Gasteiger partial charge >= 0.3 is 12.1 Å². The number of alkyl halides is 5. The Labute approximate surface area is 217 Å². The van der Waals surface area contributed by atoms with Gasteiger partial charge in [-0.15, -0.1) is 0 Å². The zero-order chi connectivity index (χ0) is 28.3. The van der Waals surface area contributed by atoms with Crippen LogP contribution in [0, 0.1) is 6.92 Å². The molecule has 1 heterocycles. The molecular formula is C28H29F5N2O3. The summed E-state index contributed by atoms with van der Waals surface area (Å²) in [5.74, 6) is -3.71. The van der Waals surface area contributed by atoms with Crippen LogP contribution >= 0.6 is 0 Å². The number of pyridine rings is 1. The minimum Gasteiger partial charge on any atom is -0.478 e. The van der Waals surface area contributed by atoms with Crippen molar-refractivity contribution in [2.75, 3.05) is 11.4 Å². The van der Waals surface area contributed by atoms with Crippen LogP contribution in [0.3, 0.4) is 0 Å².